The lowest BCUT2D eigenvalue weighted by atomic mass is 9.55. The third kappa shape index (κ3) is 6.82. The molecule has 0 bridgehead atoms. The molecule has 0 saturated carbocycles. The van der Waals surface area contributed by atoms with E-state index in [-0.39, 0.29) is 37.9 Å². The standard InChI is InChI=1S/C71H78BN2/c1-41-34-52-56(70(12,13)33-30-66(52,4)5)40-59(41)74-60-38-47-44-21-17-16-20-42(44)35-48(47)61(63(60)72-57-27-25-46-45-22-18-19-23-50(45)71(14,15)62(46)64(57)74)49-37-54-55(69(10,11)32-31-68(54,8)9)39-58(49)73-43-24-26-51-53(36-43)67(6,7)29-28-65(51,2)3/h16-27,34,36-40,73H,28-33,35H2,1-15H3. The minimum absolute atomic E-state index is 0.0187. The molecule has 1 radical (unpaired) electrons. The molecule has 7 aromatic carbocycles. The van der Waals surface area contributed by atoms with Gasteiger partial charge < -0.3 is 10.2 Å². The number of anilines is 5. The van der Waals surface area contributed by atoms with Crippen molar-refractivity contribution in [2.24, 2.45) is 0 Å². The summed E-state index contributed by atoms with van der Waals surface area (Å²) < 4.78 is 0. The number of benzene rings is 7. The SMILES string of the molecule is Cc1cc2c(cc1N1c3cc4c(c(-c5cc6c(cc5Nc5ccc7c(c5)C(C)(C)CCC7(C)C)C(C)(C)CCC6(C)C)c3[B]c3ccc5c(c31)C(C)(C)c1ccccc1-5)Cc1ccccc1-4)C(C)(C)CCC2(C)C. The van der Waals surface area contributed by atoms with Gasteiger partial charge in [-0.15, -0.1) is 0 Å². The highest BCUT2D eigenvalue weighted by Crippen LogP contribution is 2.58. The van der Waals surface area contributed by atoms with Crippen LogP contribution in [0.3, 0.4) is 0 Å². The normalized spacial score (nSPS) is 20.6. The van der Waals surface area contributed by atoms with Gasteiger partial charge in [0.15, 0.2) is 7.28 Å². The number of nitrogens with one attached hydrogen (secondary N) is 1. The van der Waals surface area contributed by atoms with Crippen LogP contribution in [0, 0.1) is 6.92 Å². The maximum atomic E-state index is 4.27. The molecule has 6 aliphatic rings. The van der Waals surface area contributed by atoms with Crippen molar-refractivity contribution in [3.63, 3.8) is 0 Å². The van der Waals surface area contributed by atoms with Gasteiger partial charge in [-0.05, 0) is 215 Å². The minimum atomic E-state index is -0.219. The van der Waals surface area contributed by atoms with Gasteiger partial charge in [0.1, 0.15) is 0 Å². The van der Waals surface area contributed by atoms with Crippen molar-refractivity contribution in [1.29, 1.82) is 0 Å². The summed E-state index contributed by atoms with van der Waals surface area (Å²) >= 11 is 0. The third-order valence-corrected chi connectivity index (χ3v) is 20.4. The van der Waals surface area contributed by atoms with Crippen LogP contribution < -0.4 is 21.1 Å². The minimum Gasteiger partial charge on any atom is -0.355 e. The van der Waals surface area contributed by atoms with Crippen molar-refractivity contribution < 1.29 is 0 Å². The predicted octanol–water partition coefficient (Wildman–Crippen LogP) is 17.8. The number of nitrogens with zero attached hydrogens (tertiary/aromatic N) is 1. The van der Waals surface area contributed by atoms with Gasteiger partial charge in [0.2, 0.25) is 0 Å². The van der Waals surface area contributed by atoms with E-state index in [1.807, 2.05) is 0 Å². The topological polar surface area (TPSA) is 15.3 Å². The molecular weight excluding hydrogens is 892 g/mol. The first-order chi connectivity index (χ1) is 34.8. The molecule has 375 valence electrons. The van der Waals surface area contributed by atoms with Gasteiger partial charge in [-0.2, -0.15) is 0 Å². The average molecular weight is 970 g/mol. The summed E-state index contributed by atoms with van der Waals surface area (Å²) in [7, 11) is 2.61. The Kier molecular flexibility index (Phi) is 9.98. The van der Waals surface area contributed by atoms with Crippen molar-refractivity contribution in [3.05, 3.63) is 170 Å². The first-order valence-corrected chi connectivity index (χ1v) is 28.3. The molecule has 0 fully saturated rings. The Hall–Kier alpha value is -5.80. The van der Waals surface area contributed by atoms with Crippen molar-refractivity contribution in [2.75, 3.05) is 10.2 Å². The third-order valence-electron chi connectivity index (χ3n) is 20.4. The zero-order valence-corrected chi connectivity index (χ0v) is 47.4. The highest BCUT2D eigenvalue weighted by atomic mass is 15.2. The van der Waals surface area contributed by atoms with Gasteiger partial charge in [-0.25, -0.2) is 0 Å². The van der Waals surface area contributed by atoms with E-state index < -0.39 is 0 Å². The van der Waals surface area contributed by atoms with Crippen LogP contribution in [0.1, 0.15) is 197 Å². The molecule has 0 atom stereocenters. The number of rotatable bonds is 4. The molecular formula is C71H78BN2. The maximum absolute atomic E-state index is 4.27. The fraction of sp³-hybridized carbons (Fsp3) is 0.408. The van der Waals surface area contributed by atoms with E-state index in [1.165, 1.54) is 160 Å². The van der Waals surface area contributed by atoms with Gasteiger partial charge in [-0.1, -0.05) is 175 Å². The molecule has 13 rings (SSSR count). The Bertz CT molecular complexity index is 3590. The van der Waals surface area contributed by atoms with Crippen LogP contribution in [0.4, 0.5) is 28.4 Å². The molecule has 7 aromatic rings. The van der Waals surface area contributed by atoms with Gasteiger partial charge in [0.25, 0.3) is 0 Å². The molecule has 1 aliphatic heterocycles. The summed E-state index contributed by atoms with van der Waals surface area (Å²) in [5, 5.41) is 4.27. The summed E-state index contributed by atoms with van der Waals surface area (Å²) in [5.74, 6) is 0. The second kappa shape index (κ2) is 15.4. The smallest absolute Gasteiger partial charge is 0.197 e. The monoisotopic (exact) mass is 970 g/mol. The second-order valence-corrected chi connectivity index (χ2v) is 28.4. The van der Waals surface area contributed by atoms with E-state index in [1.54, 1.807) is 0 Å². The quantitative estimate of drug-likeness (QED) is 0.177. The van der Waals surface area contributed by atoms with Crippen molar-refractivity contribution >= 4 is 46.6 Å². The van der Waals surface area contributed by atoms with Gasteiger partial charge in [0, 0.05) is 39.4 Å². The van der Waals surface area contributed by atoms with E-state index >= 15 is 0 Å². The molecule has 2 nitrogen and oxygen atoms in total. The highest BCUT2D eigenvalue weighted by Gasteiger charge is 2.46. The lowest BCUT2D eigenvalue weighted by Gasteiger charge is -2.45. The molecule has 0 unspecified atom stereocenters. The van der Waals surface area contributed by atoms with Crippen LogP contribution in [-0.4, -0.2) is 7.28 Å². The van der Waals surface area contributed by atoms with Crippen LogP contribution in [0.5, 0.6) is 0 Å². The molecule has 5 aliphatic carbocycles. The Labute approximate surface area is 445 Å². The predicted molar refractivity (Wildman–Crippen MR) is 318 cm³/mol. The number of hydrogen-bond acceptors (Lipinski definition) is 2. The molecule has 0 aromatic heterocycles. The fourth-order valence-electron chi connectivity index (χ4n) is 15.4. The molecule has 1 heterocycles. The Morgan fingerprint density at radius 3 is 1.66 bits per heavy atom. The van der Waals surface area contributed by atoms with Crippen LogP contribution in [0.25, 0.3) is 33.4 Å². The molecule has 0 amide bonds. The Balaban J connectivity index is 1.14. The summed E-state index contributed by atoms with van der Waals surface area (Å²) in [6.45, 7) is 37.0. The molecule has 0 spiro atoms. The highest BCUT2D eigenvalue weighted by molar-refractivity contribution is 6.73. The Morgan fingerprint density at radius 1 is 0.446 bits per heavy atom. The lowest BCUT2D eigenvalue weighted by molar-refractivity contribution is 0.332. The lowest BCUT2D eigenvalue weighted by Crippen LogP contribution is -2.43. The van der Waals surface area contributed by atoms with E-state index in [0.29, 0.717) is 0 Å². The Morgan fingerprint density at radius 2 is 1.00 bits per heavy atom. The van der Waals surface area contributed by atoms with Gasteiger partial charge >= 0.3 is 0 Å². The zero-order chi connectivity index (χ0) is 52.0. The average Bonchev–Trinajstić information content (AvgIpc) is 3.84. The molecule has 1 N–H and O–H groups in total. The molecule has 74 heavy (non-hydrogen) atoms. The van der Waals surface area contributed by atoms with E-state index in [4.69, 9.17) is 0 Å². The first-order valence-electron chi connectivity index (χ1n) is 28.3. The van der Waals surface area contributed by atoms with Crippen molar-refractivity contribution in [3.8, 4) is 33.4 Å². The summed E-state index contributed by atoms with van der Waals surface area (Å²) in [6, 6.07) is 43.9. The second-order valence-electron chi connectivity index (χ2n) is 28.4. The van der Waals surface area contributed by atoms with Crippen LogP contribution in [-0.2, 0) is 44.3 Å². The molecule has 3 heteroatoms. The largest absolute Gasteiger partial charge is 0.355 e. The molecule has 0 saturated heterocycles. The van der Waals surface area contributed by atoms with E-state index in [0.717, 1.165) is 19.3 Å². The van der Waals surface area contributed by atoms with Crippen molar-refractivity contribution in [2.45, 2.75) is 187 Å². The van der Waals surface area contributed by atoms with Crippen molar-refractivity contribution in [1.82, 2.24) is 0 Å². The van der Waals surface area contributed by atoms with Gasteiger partial charge in [0.05, 0.1) is 0 Å². The zero-order valence-electron chi connectivity index (χ0n) is 47.4. The summed E-state index contributed by atoms with van der Waals surface area (Å²) in [6.07, 6.45) is 7.98. The number of aryl methyl sites for hydroxylation is 1. The van der Waals surface area contributed by atoms with E-state index in [2.05, 4.69) is 231 Å². The van der Waals surface area contributed by atoms with Crippen LogP contribution in [0.2, 0.25) is 0 Å². The fourth-order valence-corrected chi connectivity index (χ4v) is 15.4. The number of fused-ring (bicyclic) bond motifs is 12. The van der Waals surface area contributed by atoms with E-state index in [9.17, 15) is 0 Å². The van der Waals surface area contributed by atoms with Gasteiger partial charge in [-0.3, -0.25) is 0 Å². The van der Waals surface area contributed by atoms with Crippen LogP contribution in [0.15, 0.2) is 109 Å². The summed E-state index contributed by atoms with van der Waals surface area (Å²) in [5.41, 5.74) is 33.2. The first kappa shape index (κ1) is 47.9. The van der Waals surface area contributed by atoms with Crippen LogP contribution >= 0.6 is 0 Å². The number of hydrogen-bond donors (Lipinski definition) is 1. The maximum Gasteiger partial charge on any atom is 0.197 e. The summed E-state index contributed by atoms with van der Waals surface area (Å²) in [4.78, 5) is 2.78.